The first kappa shape index (κ1) is 14.8. The number of sulfonamides is 1. The molecule has 21 heavy (non-hydrogen) atoms. The summed E-state index contributed by atoms with van der Waals surface area (Å²) in [6.45, 7) is 1.74. The summed E-state index contributed by atoms with van der Waals surface area (Å²) in [5, 5.41) is 7.90. The van der Waals surface area contributed by atoms with E-state index in [9.17, 15) is 8.42 Å². The molecule has 110 valence electrons. The van der Waals surface area contributed by atoms with E-state index in [-0.39, 0.29) is 10.1 Å². The summed E-state index contributed by atoms with van der Waals surface area (Å²) in [6, 6.07) is 6.77. The topological polar surface area (TPSA) is 63.4 Å². The van der Waals surface area contributed by atoms with E-state index in [1.807, 2.05) is 5.38 Å². The maximum Gasteiger partial charge on any atom is 0.281 e. The van der Waals surface area contributed by atoms with Crippen molar-refractivity contribution in [2.24, 2.45) is 0 Å². The molecule has 0 aliphatic heterocycles. The SMILES string of the molecule is Cc1noc(N(c2cccs2)S(=O)(=O)c2cccs2)c1Br. The van der Waals surface area contributed by atoms with Gasteiger partial charge in [-0.2, -0.15) is 12.7 Å². The number of hydrogen-bond acceptors (Lipinski definition) is 6. The van der Waals surface area contributed by atoms with Crippen molar-refractivity contribution in [3.05, 3.63) is 45.2 Å². The number of aromatic nitrogens is 1. The highest BCUT2D eigenvalue weighted by Gasteiger charge is 2.33. The van der Waals surface area contributed by atoms with Crippen LogP contribution in [0.3, 0.4) is 0 Å². The first-order chi connectivity index (χ1) is 10.0. The van der Waals surface area contributed by atoms with Crippen LogP contribution < -0.4 is 4.31 Å². The molecule has 5 nitrogen and oxygen atoms in total. The molecule has 0 spiro atoms. The fourth-order valence-corrected chi connectivity index (χ4v) is 5.58. The third-order valence-corrected chi connectivity index (χ3v) is 7.61. The third kappa shape index (κ3) is 2.54. The summed E-state index contributed by atoms with van der Waals surface area (Å²) >= 11 is 5.81. The second-order valence-corrected chi connectivity index (χ2v) is 8.72. The van der Waals surface area contributed by atoms with Gasteiger partial charge in [0.25, 0.3) is 15.9 Å². The maximum absolute atomic E-state index is 12.9. The lowest BCUT2D eigenvalue weighted by Crippen LogP contribution is -2.24. The van der Waals surface area contributed by atoms with Crippen molar-refractivity contribution in [2.45, 2.75) is 11.1 Å². The minimum atomic E-state index is -3.74. The molecule has 3 aromatic rings. The van der Waals surface area contributed by atoms with E-state index in [0.29, 0.717) is 15.2 Å². The van der Waals surface area contributed by atoms with Crippen molar-refractivity contribution in [1.29, 1.82) is 0 Å². The van der Waals surface area contributed by atoms with Gasteiger partial charge in [-0.3, -0.25) is 0 Å². The first-order valence-corrected chi connectivity index (χ1v) is 9.75. The first-order valence-electron chi connectivity index (χ1n) is 5.76. The van der Waals surface area contributed by atoms with E-state index in [0.717, 1.165) is 11.3 Å². The van der Waals surface area contributed by atoms with Gasteiger partial charge < -0.3 is 4.52 Å². The van der Waals surface area contributed by atoms with Crippen molar-refractivity contribution in [1.82, 2.24) is 5.16 Å². The Morgan fingerprint density at radius 2 is 1.95 bits per heavy atom. The molecule has 0 atom stereocenters. The Labute approximate surface area is 138 Å². The molecule has 0 radical (unpaired) electrons. The van der Waals surface area contributed by atoms with Crippen molar-refractivity contribution in [3.63, 3.8) is 0 Å². The monoisotopic (exact) mass is 404 g/mol. The molecule has 0 saturated heterocycles. The van der Waals surface area contributed by atoms with Crippen LogP contribution in [0, 0.1) is 6.92 Å². The van der Waals surface area contributed by atoms with E-state index in [4.69, 9.17) is 4.52 Å². The largest absolute Gasteiger partial charge is 0.336 e. The van der Waals surface area contributed by atoms with Crippen LogP contribution in [0.4, 0.5) is 10.9 Å². The van der Waals surface area contributed by atoms with Crippen molar-refractivity contribution in [3.8, 4) is 0 Å². The molecular weight excluding hydrogens is 396 g/mol. The number of nitrogens with zero attached hydrogens (tertiary/aromatic N) is 2. The zero-order valence-electron chi connectivity index (χ0n) is 10.7. The van der Waals surface area contributed by atoms with Crippen LogP contribution in [0.5, 0.6) is 0 Å². The summed E-state index contributed by atoms with van der Waals surface area (Å²) in [5.74, 6) is 0.156. The highest BCUT2D eigenvalue weighted by molar-refractivity contribution is 9.10. The summed E-state index contributed by atoms with van der Waals surface area (Å²) in [5.41, 5.74) is 0.591. The predicted molar refractivity (Wildman–Crippen MR) is 86.9 cm³/mol. The molecule has 0 saturated carbocycles. The van der Waals surface area contributed by atoms with Crippen molar-refractivity contribution in [2.75, 3.05) is 4.31 Å². The minimum absolute atomic E-state index is 0.156. The molecule has 3 rings (SSSR count). The molecule has 0 aliphatic rings. The second-order valence-electron chi connectivity index (χ2n) is 4.04. The quantitative estimate of drug-likeness (QED) is 0.646. The Kier molecular flexibility index (Phi) is 3.91. The number of aryl methyl sites for hydroxylation is 1. The number of hydrogen-bond donors (Lipinski definition) is 0. The average molecular weight is 405 g/mol. The lowest BCUT2D eigenvalue weighted by molar-refractivity contribution is 0.424. The molecule has 0 aliphatic carbocycles. The van der Waals surface area contributed by atoms with Gasteiger partial charge in [0.2, 0.25) is 0 Å². The lowest BCUT2D eigenvalue weighted by atomic mass is 10.5. The predicted octanol–water partition coefficient (Wildman–Crippen LogP) is 4.40. The Morgan fingerprint density at radius 1 is 1.24 bits per heavy atom. The average Bonchev–Trinajstić information content (AvgIpc) is 3.16. The summed E-state index contributed by atoms with van der Waals surface area (Å²) < 4.78 is 32.9. The van der Waals surface area contributed by atoms with E-state index in [2.05, 4.69) is 21.1 Å². The fourth-order valence-electron chi connectivity index (χ4n) is 1.69. The van der Waals surface area contributed by atoms with Crippen LogP contribution in [0.1, 0.15) is 5.69 Å². The van der Waals surface area contributed by atoms with Crippen molar-refractivity contribution >= 4 is 59.5 Å². The normalized spacial score (nSPS) is 11.7. The number of thiophene rings is 2. The van der Waals surface area contributed by atoms with Crippen molar-refractivity contribution < 1.29 is 12.9 Å². The van der Waals surface area contributed by atoms with Gasteiger partial charge in [-0.15, -0.1) is 22.7 Å². The van der Waals surface area contributed by atoms with Crippen LogP contribution in [0.2, 0.25) is 0 Å². The van der Waals surface area contributed by atoms with Crippen LogP contribution in [-0.4, -0.2) is 13.6 Å². The van der Waals surface area contributed by atoms with Crippen LogP contribution in [0.15, 0.2) is 48.2 Å². The van der Waals surface area contributed by atoms with Gasteiger partial charge in [-0.05, 0) is 51.8 Å². The molecule has 3 aromatic heterocycles. The van der Waals surface area contributed by atoms with Crippen LogP contribution >= 0.6 is 38.6 Å². The molecule has 0 amide bonds. The summed E-state index contributed by atoms with van der Waals surface area (Å²) in [7, 11) is -3.74. The molecule has 0 aromatic carbocycles. The van der Waals surface area contributed by atoms with Gasteiger partial charge in [0.05, 0.1) is 5.69 Å². The number of anilines is 2. The zero-order valence-corrected chi connectivity index (χ0v) is 14.7. The summed E-state index contributed by atoms with van der Waals surface area (Å²) in [6.07, 6.45) is 0. The van der Waals surface area contributed by atoms with Gasteiger partial charge in [0.15, 0.2) is 0 Å². The van der Waals surface area contributed by atoms with Crippen LogP contribution in [0.25, 0.3) is 0 Å². The Hall–Kier alpha value is -1.16. The minimum Gasteiger partial charge on any atom is -0.336 e. The molecule has 9 heteroatoms. The molecule has 0 unspecified atom stereocenters. The smallest absolute Gasteiger partial charge is 0.281 e. The standard InChI is InChI=1S/C12H9BrN2O3S3/c1-8-11(13)12(18-14-8)15(9-4-2-6-19-9)21(16,17)10-5-3-7-20-10/h2-7H,1H3. The van der Waals surface area contributed by atoms with E-state index >= 15 is 0 Å². The zero-order chi connectivity index (χ0) is 15.0. The van der Waals surface area contributed by atoms with Gasteiger partial charge >= 0.3 is 0 Å². The molecule has 0 N–H and O–H groups in total. The van der Waals surface area contributed by atoms with Gasteiger partial charge in [-0.1, -0.05) is 11.2 Å². The van der Waals surface area contributed by atoms with Gasteiger partial charge in [-0.25, -0.2) is 0 Å². The summed E-state index contributed by atoms with van der Waals surface area (Å²) in [4.78, 5) is 0. The van der Waals surface area contributed by atoms with E-state index in [1.165, 1.54) is 15.6 Å². The van der Waals surface area contributed by atoms with Gasteiger partial charge in [0.1, 0.15) is 13.7 Å². The molecule has 0 fully saturated rings. The molecule has 3 heterocycles. The number of halogens is 1. The number of rotatable bonds is 4. The van der Waals surface area contributed by atoms with Gasteiger partial charge in [0, 0.05) is 0 Å². The Bertz CT molecular complexity index is 839. The molecular formula is C12H9BrN2O3S3. The third-order valence-electron chi connectivity index (χ3n) is 2.65. The Morgan fingerprint density at radius 3 is 2.48 bits per heavy atom. The van der Waals surface area contributed by atoms with E-state index in [1.54, 1.807) is 36.6 Å². The highest BCUT2D eigenvalue weighted by atomic mass is 79.9. The molecule has 0 bridgehead atoms. The second kappa shape index (κ2) is 5.56. The highest BCUT2D eigenvalue weighted by Crippen LogP contribution is 2.41. The fraction of sp³-hybridized carbons (Fsp3) is 0.0833. The Balaban J connectivity index is 2.21. The maximum atomic E-state index is 12.9. The lowest BCUT2D eigenvalue weighted by Gasteiger charge is -2.18. The van der Waals surface area contributed by atoms with E-state index < -0.39 is 10.0 Å². The van der Waals surface area contributed by atoms with Crippen LogP contribution in [-0.2, 0) is 10.0 Å².